The third kappa shape index (κ3) is 3.00. The van der Waals surface area contributed by atoms with Crippen molar-refractivity contribution < 1.29 is 4.79 Å². The molecule has 0 radical (unpaired) electrons. The maximum atomic E-state index is 13.0. The number of nitriles is 1. The van der Waals surface area contributed by atoms with Crippen LogP contribution < -0.4 is 5.73 Å². The Morgan fingerprint density at radius 1 is 1.36 bits per heavy atom. The maximum Gasteiger partial charge on any atom is 0.256 e. The number of rotatable bonds is 5. The fraction of sp³-hybridized carbons (Fsp3) is 0.286. The lowest BCUT2D eigenvalue weighted by molar-refractivity contribution is 0.0768. The van der Waals surface area contributed by atoms with Crippen LogP contribution in [0.25, 0.3) is 22.0 Å². The van der Waals surface area contributed by atoms with Gasteiger partial charge in [-0.3, -0.25) is 9.48 Å². The first-order chi connectivity index (χ1) is 13.5. The van der Waals surface area contributed by atoms with E-state index < -0.39 is 0 Å². The van der Waals surface area contributed by atoms with Gasteiger partial charge in [-0.25, -0.2) is 0 Å². The first-order valence-corrected chi connectivity index (χ1v) is 10.4. The number of hydrogen-bond donors (Lipinski definition) is 1. The van der Waals surface area contributed by atoms with Crippen molar-refractivity contribution in [3.8, 4) is 17.2 Å². The Hall–Kier alpha value is -2.98. The minimum atomic E-state index is -0.191. The van der Waals surface area contributed by atoms with Gasteiger partial charge in [-0.1, -0.05) is 18.2 Å². The highest BCUT2D eigenvalue weighted by molar-refractivity contribution is 7.98. The predicted molar refractivity (Wildman–Crippen MR) is 113 cm³/mol. The third-order valence-corrected chi connectivity index (χ3v) is 5.98. The van der Waals surface area contributed by atoms with Gasteiger partial charge in [0.25, 0.3) is 5.91 Å². The highest BCUT2D eigenvalue weighted by Crippen LogP contribution is 2.37. The SMILES string of the molecule is CSCC(C#N)CN1Cc2c(-c3ccc4cnn(C)c4c3)ccc(N)c2C1=O. The molecular weight excluding hydrogens is 370 g/mol. The Labute approximate surface area is 167 Å². The molecule has 7 heteroatoms. The van der Waals surface area contributed by atoms with Gasteiger partial charge in [0.2, 0.25) is 0 Å². The second-order valence-corrected chi connectivity index (χ2v) is 7.98. The predicted octanol–water partition coefficient (Wildman–Crippen LogP) is 3.28. The normalized spacial score (nSPS) is 14.3. The average molecular weight is 392 g/mol. The van der Waals surface area contributed by atoms with Gasteiger partial charge in [-0.05, 0) is 35.1 Å². The van der Waals surface area contributed by atoms with Crippen molar-refractivity contribution in [1.29, 1.82) is 5.26 Å². The summed E-state index contributed by atoms with van der Waals surface area (Å²) in [6, 6.07) is 12.3. The van der Waals surface area contributed by atoms with Gasteiger partial charge >= 0.3 is 0 Å². The fourth-order valence-corrected chi connectivity index (χ4v) is 4.41. The van der Waals surface area contributed by atoms with Crippen molar-refractivity contribution in [1.82, 2.24) is 14.7 Å². The number of fused-ring (bicyclic) bond motifs is 2. The molecule has 28 heavy (non-hydrogen) atoms. The highest BCUT2D eigenvalue weighted by atomic mass is 32.2. The van der Waals surface area contributed by atoms with E-state index >= 15 is 0 Å². The lowest BCUT2D eigenvalue weighted by Crippen LogP contribution is -2.30. The van der Waals surface area contributed by atoms with Gasteiger partial charge < -0.3 is 10.6 Å². The van der Waals surface area contributed by atoms with Gasteiger partial charge in [-0.2, -0.15) is 22.1 Å². The van der Waals surface area contributed by atoms with Gasteiger partial charge in [-0.15, -0.1) is 0 Å². The van der Waals surface area contributed by atoms with E-state index in [1.165, 1.54) is 0 Å². The number of amides is 1. The van der Waals surface area contributed by atoms with Crippen molar-refractivity contribution in [3.63, 3.8) is 0 Å². The van der Waals surface area contributed by atoms with Gasteiger partial charge in [0, 0.05) is 37.0 Å². The summed E-state index contributed by atoms with van der Waals surface area (Å²) in [5, 5.41) is 14.8. The number of benzene rings is 2. The molecule has 142 valence electrons. The lowest BCUT2D eigenvalue weighted by Gasteiger charge is -2.18. The molecule has 1 unspecified atom stereocenters. The highest BCUT2D eigenvalue weighted by Gasteiger charge is 2.33. The maximum absolute atomic E-state index is 13.0. The standard InChI is InChI=1S/C21H21N5OS/c1-25-19-7-14(3-4-15(19)9-24-25)16-5-6-18(23)20-17(16)11-26(21(20)27)10-13(8-22)12-28-2/h3-7,9,13H,10-12,23H2,1-2H3. The summed E-state index contributed by atoms with van der Waals surface area (Å²) >= 11 is 1.62. The second kappa shape index (κ2) is 7.21. The molecule has 0 bridgehead atoms. The third-order valence-electron chi connectivity index (χ3n) is 5.25. The molecule has 0 saturated carbocycles. The van der Waals surface area contributed by atoms with Crippen molar-refractivity contribution in [2.45, 2.75) is 6.54 Å². The van der Waals surface area contributed by atoms with Crippen molar-refractivity contribution in [2.24, 2.45) is 13.0 Å². The van der Waals surface area contributed by atoms with Crippen LogP contribution in [0.1, 0.15) is 15.9 Å². The Bertz CT molecular complexity index is 1110. The fourth-order valence-electron chi connectivity index (χ4n) is 3.83. The number of nitrogen functional groups attached to an aromatic ring is 1. The lowest BCUT2D eigenvalue weighted by atomic mass is 9.95. The smallest absolute Gasteiger partial charge is 0.256 e. The van der Waals surface area contributed by atoms with Crippen molar-refractivity contribution in [3.05, 3.63) is 47.7 Å². The van der Waals surface area contributed by atoms with E-state index in [1.807, 2.05) is 36.3 Å². The summed E-state index contributed by atoms with van der Waals surface area (Å²) in [5.74, 6) is 0.428. The molecule has 1 atom stereocenters. The number of hydrogen-bond acceptors (Lipinski definition) is 5. The summed E-state index contributed by atoms with van der Waals surface area (Å²) in [7, 11) is 1.92. The number of aromatic nitrogens is 2. The number of carbonyl (C=O) groups is 1. The molecule has 4 rings (SSSR count). The van der Waals surface area contributed by atoms with Crippen LogP contribution in [0.15, 0.2) is 36.5 Å². The number of carbonyl (C=O) groups excluding carboxylic acids is 1. The van der Waals surface area contributed by atoms with Gasteiger partial charge in [0.15, 0.2) is 0 Å². The van der Waals surface area contributed by atoms with Gasteiger partial charge in [0.05, 0.1) is 29.3 Å². The molecule has 2 N–H and O–H groups in total. The first-order valence-electron chi connectivity index (χ1n) is 9.04. The summed E-state index contributed by atoms with van der Waals surface area (Å²) in [6.07, 6.45) is 3.81. The summed E-state index contributed by atoms with van der Waals surface area (Å²) in [4.78, 5) is 14.7. The topological polar surface area (TPSA) is 87.9 Å². The number of nitrogens with two attached hydrogens (primary N) is 1. The van der Waals surface area contributed by atoms with E-state index in [1.54, 1.807) is 22.7 Å². The van der Waals surface area contributed by atoms with E-state index in [0.717, 1.165) is 27.6 Å². The summed E-state index contributed by atoms with van der Waals surface area (Å²) in [6.45, 7) is 0.898. The van der Waals surface area contributed by atoms with E-state index in [4.69, 9.17) is 5.73 Å². The largest absolute Gasteiger partial charge is 0.398 e. The average Bonchev–Trinajstić information content (AvgIpc) is 3.22. The molecular formula is C21H21N5OS. The molecule has 0 saturated heterocycles. The van der Waals surface area contributed by atoms with E-state index in [0.29, 0.717) is 30.1 Å². The number of nitrogens with zero attached hydrogens (tertiary/aromatic N) is 4. The van der Waals surface area contributed by atoms with Crippen LogP contribution in [0.5, 0.6) is 0 Å². The van der Waals surface area contributed by atoms with E-state index in [2.05, 4.69) is 23.3 Å². The molecule has 0 aliphatic carbocycles. The minimum absolute atomic E-state index is 0.0858. The number of anilines is 1. The molecule has 0 spiro atoms. The Balaban J connectivity index is 1.75. The summed E-state index contributed by atoms with van der Waals surface area (Å²) in [5.41, 5.74) is 11.2. The quantitative estimate of drug-likeness (QED) is 0.674. The molecule has 1 aliphatic heterocycles. The van der Waals surface area contributed by atoms with Crippen molar-refractivity contribution >= 4 is 34.3 Å². The van der Waals surface area contributed by atoms with E-state index in [9.17, 15) is 10.1 Å². The Kier molecular flexibility index (Phi) is 4.73. The van der Waals surface area contributed by atoms with Crippen LogP contribution in [-0.4, -0.2) is 39.1 Å². The molecule has 1 amide bonds. The van der Waals surface area contributed by atoms with E-state index in [-0.39, 0.29) is 11.8 Å². The molecule has 1 aromatic heterocycles. The minimum Gasteiger partial charge on any atom is -0.398 e. The molecule has 1 aliphatic rings. The van der Waals surface area contributed by atoms with Crippen LogP contribution in [0.3, 0.4) is 0 Å². The summed E-state index contributed by atoms with van der Waals surface area (Å²) < 4.78 is 1.84. The molecule has 6 nitrogen and oxygen atoms in total. The number of aryl methyl sites for hydroxylation is 1. The van der Waals surface area contributed by atoms with Crippen LogP contribution in [0, 0.1) is 17.2 Å². The molecule has 2 heterocycles. The monoisotopic (exact) mass is 391 g/mol. The van der Waals surface area contributed by atoms with Gasteiger partial charge in [0.1, 0.15) is 0 Å². The van der Waals surface area contributed by atoms with Crippen LogP contribution in [0.4, 0.5) is 5.69 Å². The molecule has 2 aromatic carbocycles. The zero-order chi connectivity index (χ0) is 19.8. The molecule has 3 aromatic rings. The van der Waals surface area contributed by atoms with Crippen LogP contribution >= 0.6 is 11.8 Å². The first kappa shape index (κ1) is 18.4. The van der Waals surface area contributed by atoms with Crippen molar-refractivity contribution in [2.75, 3.05) is 24.3 Å². The zero-order valence-corrected chi connectivity index (χ0v) is 16.7. The van der Waals surface area contributed by atoms with Crippen LogP contribution in [-0.2, 0) is 13.6 Å². The van der Waals surface area contributed by atoms with Crippen LogP contribution in [0.2, 0.25) is 0 Å². The zero-order valence-electron chi connectivity index (χ0n) is 15.8. The Morgan fingerprint density at radius 3 is 2.93 bits per heavy atom. The second-order valence-electron chi connectivity index (χ2n) is 7.06. The number of thioether (sulfide) groups is 1. The molecule has 0 fully saturated rings. The Morgan fingerprint density at radius 2 is 2.18 bits per heavy atom.